The predicted octanol–water partition coefficient (Wildman–Crippen LogP) is 0.243. The molecule has 7 heteroatoms. The third-order valence-corrected chi connectivity index (χ3v) is 5.75. The van der Waals surface area contributed by atoms with Crippen LogP contribution in [-0.4, -0.2) is 50.4 Å². The average Bonchev–Trinajstić information content (AvgIpc) is 2.36. The lowest BCUT2D eigenvalue weighted by atomic mass is 9.99. The number of thioether (sulfide) groups is 1. The first-order chi connectivity index (χ1) is 7.99. The fourth-order valence-electron chi connectivity index (χ4n) is 1.78. The van der Waals surface area contributed by atoms with Gasteiger partial charge in [0.2, 0.25) is 0 Å². The van der Waals surface area contributed by atoms with Crippen molar-refractivity contribution < 1.29 is 8.42 Å². The molecule has 0 radical (unpaired) electrons. The second kappa shape index (κ2) is 6.94. The van der Waals surface area contributed by atoms with Gasteiger partial charge in [0, 0.05) is 24.9 Å². The van der Waals surface area contributed by atoms with Gasteiger partial charge < -0.3 is 5.73 Å². The van der Waals surface area contributed by atoms with Gasteiger partial charge in [0.25, 0.3) is 10.2 Å². The fourth-order valence-corrected chi connectivity index (χ4v) is 3.47. The van der Waals surface area contributed by atoms with E-state index in [9.17, 15) is 8.42 Å². The second-order valence-corrected chi connectivity index (χ2v) is 7.51. The summed E-state index contributed by atoms with van der Waals surface area (Å²) in [5.74, 6) is 0.478. The quantitative estimate of drug-likeness (QED) is 0.731. The number of nitrogens with zero attached hydrogens (tertiary/aromatic N) is 1. The largest absolute Gasteiger partial charge is 0.330 e. The first-order valence-electron chi connectivity index (χ1n) is 5.97. The highest BCUT2D eigenvalue weighted by atomic mass is 32.2. The van der Waals surface area contributed by atoms with Crippen LogP contribution in [0.3, 0.4) is 0 Å². The molecular formula is C10H23N3O2S2. The Balaban J connectivity index is 2.43. The normalized spacial score (nSPS) is 21.6. The van der Waals surface area contributed by atoms with Crippen molar-refractivity contribution in [2.24, 2.45) is 11.7 Å². The summed E-state index contributed by atoms with van der Waals surface area (Å²) in [6.07, 6.45) is 3.72. The molecule has 1 rings (SSSR count). The van der Waals surface area contributed by atoms with E-state index >= 15 is 0 Å². The topological polar surface area (TPSA) is 75.4 Å². The summed E-state index contributed by atoms with van der Waals surface area (Å²) >= 11 is 1.65. The van der Waals surface area contributed by atoms with Crippen molar-refractivity contribution >= 4 is 22.0 Å². The van der Waals surface area contributed by atoms with Gasteiger partial charge in [0.05, 0.1) is 0 Å². The molecule has 102 valence electrons. The lowest BCUT2D eigenvalue weighted by Gasteiger charge is -2.30. The zero-order valence-corrected chi connectivity index (χ0v) is 12.2. The maximum Gasteiger partial charge on any atom is 0.279 e. The van der Waals surface area contributed by atoms with Crippen molar-refractivity contribution in [3.05, 3.63) is 0 Å². The minimum Gasteiger partial charge on any atom is -0.330 e. The maximum atomic E-state index is 12.0. The van der Waals surface area contributed by atoms with Gasteiger partial charge in [-0.1, -0.05) is 6.92 Å². The van der Waals surface area contributed by atoms with Crippen LogP contribution in [0.5, 0.6) is 0 Å². The highest BCUT2D eigenvalue weighted by molar-refractivity contribution is 7.99. The molecule has 0 aromatic carbocycles. The van der Waals surface area contributed by atoms with Crippen molar-refractivity contribution in [1.29, 1.82) is 0 Å². The number of hydrogen-bond acceptors (Lipinski definition) is 4. The van der Waals surface area contributed by atoms with E-state index in [0.29, 0.717) is 37.3 Å². The third-order valence-electron chi connectivity index (χ3n) is 3.20. The van der Waals surface area contributed by atoms with Gasteiger partial charge in [0.1, 0.15) is 0 Å². The molecule has 0 aromatic rings. The van der Waals surface area contributed by atoms with Crippen LogP contribution in [0.1, 0.15) is 19.8 Å². The van der Waals surface area contributed by atoms with E-state index in [1.807, 2.05) is 13.2 Å². The summed E-state index contributed by atoms with van der Waals surface area (Å²) in [5.41, 5.74) is 5.59. The van der Waals surface area contributed by atoms with Crippen molar-refractivity contribution in [2.75, 3.05) is 32.4 Å². The zero-order valence-electron chi connectivity index (χ0n) is 10.6. The van der Waals surface area contributed by atoms with Crippen LogP contribution in [0.25, 0.3) is 0 Å². The van der Waals surface area contributed by atoms with Crippen molar-refractivity contribution in [3.8, 4) is 0 Å². The second-order valence-electron chi connectivity index (χ2n) is 4.48. The van der Waals surface area contributed by atoms with Gasteiger partial charge in [-0.25, -0.2) is 4.72 Å². The molecule has 0 amide bonds. The summed E-state index contributed by atoms with van der Waals surface area (Å²) in [6, 6.07) is 0. The van der Waals surface area contributed by atoms with E-state index < -0.39 is 10.2 Å². The Morgan fingerprint density at radius 1 is 1.47 bits per heavy atom. The Morgan fingerprint density at radius 2 is 2.06 bits per heavy atom. The van der Waals surface area contributed by atoms with Crippen molar-refractivity contribution in [1.82, 2.24) is 9.03 Å². The van der Waals surface area contributed by atoms with Crippen LogP contribution in [0.15, 0.2) is 0 Å². The van der Waals surface area contributed by atoms with Gasteiger partial charge in [-0.15, -0.1) is 0 Å². The molecule has 1 heterocycles. The lowest BCUT2D eigenvalue weighted by Crippen LogP contribution is -2.46. The molecule has 3 N–H and O–H groups in total. The molecule has 0 aliphatic carbocycles. The number of nitrogens with two attached hydrogens (primary N) is 1. The van der Waals surface area contributed by atoms with Crippen molar-refractivity contribution in [3.63, 3.8) is 0 Å². The summed E-state index contributed by atoms with van der Waals surface area (Å²) in [5, 5.41) is 0.298. The van der Waals surface area contributed by atoms with Crippen molar-refractivity contribution in [2.45, 2.75) is 25.0 Å². The third kappa shape index (κ3) is 4.75. The molecule has 0 saturated carbocycles. The van der Waals surface area contributed by atoms with Crippen LogP contribution in [-0.2, 0) is 10.2 Å². The van der Waals surface area contributed by atoms with E-state index in [1.165, 1.54) is 4.31 Å². The summed E-state index contributed by atoms with van der Waals surface area (Å²) in [6.45, 7) is 4.33. The number of piperidine rings is 1. The maximum absolute atomic E-state index is 12.0. The fraction of sp³-hybridized carbons (Fsp3) is 1.00. The first-order valence-corrected chi connectivity index (χ1v) is 8.70. The standard InChI is InChI=1S/C10H23N3O2S2/c1-9(16-2)8-12-17(14,15)13-5-3-10(7-11)4-6-13/h9-10,12H,3-8,11H2,1-2H3. The lowest BCUT2D eigenvalue weighted by molar-refractivity contribution is 0.276. The smallest absolute Gasteiger partial charge is 0.279 e. The van der Waals surface area contributed by atoms with Crippen LogP contribution >= 0.6 is 11.8 Å². The minimum atomic E-state index is -3.29. The Labute approximate surface area is 109 Å². The van der Waals surface area contributed by atoms with Crippen LogP contribution in [0.4, 0.5) is 0 Å². The van der Waals surface area contributed by atoms with E-state index in [1.54, 1.807) is 11.8 Å². The summed E-state index contributed by atoms with van der Waals surface area (Å²) in [7, 11) is -3.29. The number of hydrogen-bond donors (Lipinski definition) is 2. The highest BCUT2D eigenvalue weighted by Crippen LogP contribution is 2.17. The number of rotatable bonds is 6. The van der Waals surface area contributed by atoms with E-state index in [-0.39, 0.29) is 0 Å². The molecular weight excluding hydrogens is 258 g/mol. The SMILES string of the molecule is CSC(C)CNS(=O)(=O)N1CCC(CN)CC1. The molecule has 1 fully saturated rings. The van der Waals surface area contributed by atoms with E-state index in [0.717, 1.165) is 12.8 Å². The predicted molar refractivity (Wildman–Crippen MR) is 73.3 cm³/mol. The molecule has 0 bridgehead atoms. The van der Waals surface area contributed by atoms with Crippen LogP contribution in [0.2, 0.25) is 0 Å². The van der Waals surface area contributed by atoms with Gasteiger partial charge >= 0.3 is 0 Å². The van der Waals surface area contributed by atoms with Crippen LogP contribution in [0, 0.1) is 5.92 Å². The summed E-state index contributed by atoms with van der Waals surface area (Å²) in [4.78, 5) is 0. The molecule has 5 nitrogen and oxygen atoms in total. The highest BCUT2D eigenvalue weighted by Gasteiger charge is 2.27. The molecule has 17 heavy (non-hydrogen) atoms. The Bertz CT molecular complexity index is 314. The molecule has 1 atom stereocenters. The Hall–Kier alpha value is 0.180. The monoisotopic (exact) mass is 281 g/mol. The van der Waals surface area contributed by atoms with E-state index in [2.05, 4.69) is 4.72 Å². The molecule has 1 unspecified atom stereocenters. The van der Waals surface area contributed by atoms with E-state index in [4.69, 9.17) is 5.73 Å². The van der Waals surface area contributed by atoms with Gasteiger partial charge in [-0.05, 0) is 31.6 Å². The van der Waals surface area contributed by atoms with Gasteiger partial charge in [0.15, 0.2) is 0 Å². The average molecular weight is 281 g/mol. The number of nitrogens with one attached hydrogen (secondary N) is 1. The first kappa shape index (κ1) is 15.2. The molecule has 0 aromatic heterocycles. The molecule has 0 spiro atoms. The summed E-state index contributed by atoms with van der Waals surface area (Å²) < 4.78 is 28.1. The Kier molecular flexibility index (Phi) is 6.22. The minimum absolute atomic E-state index is 0.298. The molecule has 1 aliphatic heterocycles. The molecule has 1 saturated heterocycles. The Morgan fingerprint density at radius 3 is 2.53 bits per heavy atom. The zero-order chi connectivity index (χ0) is 12.9. The van der Waals surface area contributed by atoms with Gasteiger partial charge in [-0.2, -0.15) is 24.5 Å². The van der Waals surface area contributed by atoms with Gasteiger partial charge in [-0.3, -0.25) is 0 Å². The van der Waals surface area contributed by atoms with Crippen LogP contribution < -0.4 is 10.5 Å². The molecule has 1 aliphatic rings.